The second-order valence-corrected chi connectivity index (χ2v) is 8.17. The van der Waals surface area contributed by atoms with E-state index < -0.39 is 18.2 Å². The summed E-state index contributed by atoms with van der Waals surface area (Å²) in [5, 5.41) is 11.8. The third-order valence-electron chi connectivity index (χ3n) is 5.58. The average molecular weight is 510 g/mol. The fourth-order valence-electron chi connectivity index (χ4n) is 3.84. The summed E-state index contributed by atoms with van der Waals surface area (Å²) in [5.74, 6) is -1.71. The topological polar surface area (TPSA) is 79.5 Å². The van der Waals surface area contributed by atoms with Gasteiger partial charge in [-0.1, -0.05) is 12.1 Å². The van der Waals surface area contributed by atoms with Crippen LogP contribution in [-0.4, -0.2) is 23.9 Å². The number of aliphatic imine (C=N–C) groups is 1. The van der Waals surface area contributed by atoms with Crippen molar-refractivity contribution in [2.24, 2.45) is 4.99 Å². The maximum absolute atomic E-state index is 13.9. The number of para-hydroxylation sites is 1. The van der Waals surface area contributed by atoms with E-state index in [1.54, 1.807) is 18.2 Å². The number of nitrogens with one attached hydrogen (secondary N) is 1. The van der Waals surface area contributed by atoms with Gasteiger partial charge in [0.25, 0.3) is 0 Å². The highest BCUT2D eigenvalue weighted by molar-refractivity contribution is 5.84. The summed E-state index contributed by atoms with van der Waals surface area (Å²) in [7, 11) is 0. The molecule has 0 aliphatic heterocycles. The minimum Gasteiger partial charge on any atom is -0.486 e. The predicted molar refractivity (Wildman–Crippen MR) is 132 cm³/mol. The summed E-state index contributed by atoms with van der Waals surface area (Å²) < 4.78 is 64.4. The van der Waals surface area contributed by atoms with E-state index in [1.807, 2.05) is 6.07 Å². The van der Waals surface area contributed by atoms with Crippen LogP contribution in [0.15, 0.2) is 59.7 Å². The molecule has 10 heteroatoms. The van der Waals surface area contributed by atoms with Crippen LogP contribution < -0.4 is 14.8 Å². The normalized spacial score (nSPS) is 13.9. The maximum atomic E-state index is 13.9. The SMILES string of the molecule is N#Cc1ccc(Nc2cc(F)c(F)cc2N=C/C=C/c2cccc(OC(F)F)c2OC2CCCC2)nc1. The number of hydrogen-bond donors (Lipinski definition) is 1. The van der Waals surface area contributed by atoms with Gasteiger partial charge in [-0.3, -0.25) is 4.99 Å². The van der Waals surface area contributed by atoms with Gasteiger partial charge in [0.15, 0.2) is 23.1 Å². The van der Waals surface area contributed by atoms with E-state index in [0.29, 0.717) is 16.9 Å². The molecular weight excluding hydrogens is 488 g/mol. The van der Waals surface area contributed by atoms with Crippen molar-refractivity contribution in [1.82, 2.24) is 4.98 Å². The smallest absolute Gasteiger partial charge is 0.387 e. The van der Waals surface area contributed by atoms with Crippen molar-refractivity contribution in [2.45, 2.75) is 38.4 Å². The highest BCUT2D eigenvalue weighted by Crippen LogP contribution is 2.36. The quantitative estimate of drug-likeness (QED) is 0.241. The van der Waals surface area contributed by atoms with Gasteiger partial charge in [-0.25, -0.2) is 13.8 Å². The van der Waals surface area contributed by atoms with Gasteiger partial charge in [0, 0.05) is 30.1 Å². The fourth-order valence-corrected chi connectivity index (χ4v) is 3.84. The van der Waals surface area contributed by atoms with Crippen LogP contribution >= 0.6 is 0 Å². The fraction of sp³-hybridized carbons (Fsp3) is 0.222. The highest BCUT2D eigenvalue weighted by Gasteiger charge is 2.21. The minimum absolute atomic E-state index is 0.0667. The molecule has 3 aromatic rings. The van der Waals surface area contributed by atoms with Crippen LogP contribution in [0, 0.1) is 23.0 Å². The van der Waals surface area contributed by atoms with Crippen LogP contribution in [0.4, 0.5) is 34.8 Å². The minimum atomic E-state index is -3.00. The van der Waals surface area contributed by atoms with Crippen LogP contribution in [0.25, 0.3) is 6.08 Å². The number of benzene rings is 2. The lowest BCUT2D eigenvalue weighted by molar-refractivity contribution is -0.0520. The van der Waals surface area contributed by atoms with E-state index in [0.717, 1.165) is 37.8 Å². The van der Waals surface area contributed by atoms with E-state index in [4.69, 9.17) is 10.00 Å². The van der Waals surface area contributed by atoms with Crippen molar-refractivity contribution in [2.75, 3.05) is 5.32 Å². The van der Waals surface area contributed by atoms with Crippen molar-refractivity contribution < 1.29 is 27.0 Å². The van der Waals surface area contributed by atoms with Crippen molar-refractivity contribution in [3.8, 4) is 17.6 Å². The zero-order chi connectivity index (χ0) is 26.2. The second-order valence-electron chi connectivity index (χ2n) is 8.17. The maximum Gasteiger partial charge on any atom is 0.387 e. The Morgan fingerprint density at radius 1 is 1.11 bits per heavy atom. The van der Waals surface area contributed by atoms with Crippen LogP contribution in [0.1, 0.15) is 36.8 Å². The Labute approximate surface area is 210 Å². The van der Waals surface area contributed by atoms with Crippen molar-refractivity contribution in [3.05, 3.63) is 77.5 Å². The van der Waals surface area contributed by atoms with Crippen molar-refractivity contribution in [3.63, 3.8) is 0 Å². The Balaban J connectivity index is 1.57. The third-order valence-corrected chi connectivity index (χ3v) is 5.58. The first-order valence-electron chi connectivity index (χ1n) is 11.5. The molecule has 37 heavy (non-hydrogen) atoms. The molecule has 0 atom stereocenters. The molecule has 6 nitrogen and oxygen atoms in total. The van der Waals surface area contributed by atoms with Gasteiger partial charge < -0.3 is 14.8 Å². The molecule has 1 aromatic heterocycles. The zero-order valence-corrected chi connectivity index (χ0v) is 19.5. The molecule has 2 aromatic carbocycles. The number of anilines is 2. The number of alkyl halides is 2. The van der Waals surface area contributed by atoms with E-state index in [-0.39, 0.29) is 29.0 Å². The molecule has 0 unspecified atom stereocenters. The predicted octanol–water partition coefficient (Wildman–Crippen LogP) is 7.31. The first kappa shape index (κ1) is 25.7. The average Bonchev–Trinajstić information content (AvgIpc) is 3.39. The number of aromatic nitrogens is 1. The lowest BCUT2D eigenvalue weighted by Crippen LogP contribution is -2.13. The number of nitriles is 1. The number of allylic oxidation sites excluding steroid dienone is 1. The van der Waals surface area contributed by atoms with Gasteiger partial charge in [-0.2, -0.15) is 14.0 Å². The molecule has 0 spiro atoms. The van der Waals surface area contributed by atoms with E-state index >= 15 is 0 Å². The van der Waals surface area contributed by atoms with Crippen LogP contribution in [0.2, 0.25) is 0 Å². The van der Waals surface area contributed by atoms with Crippen LogP contribution in [-0.2, 0) is 0 Å². The Bertz CT molecular complexity index is 1330. The van der Waals surface area contributed by atoms with Gasteiger partial charge in [-0.05, 0) is 56.0 Å². The molecule has 190 valence electrons. The largest absolute Gasteiger partial charge is 0.486 e. The molecular formula is C27H22F4N4O2. The standard InChI is InChI=1S/C27H22F4N4O2/c28-20-13-22(23(14-21(20)29)35-25-11-10-17(15-32)16-34-25)33-12-4-6-18-5-3-9-24(37-27(30)31)26(18)36-19-7-1-2-8-19/h3-6,9-14,16,19,27H,1-2,7-8H2,(H,34,35)/b6-4+,33-12?. The number of nitrogens with zero attached hydrogens (tertiary/aromatic N) is 3. The molecule has 1 fully saturated rings. The van der Waals surface area contributed by atoms with Gasteiger partial charge >= 0.3 is 6.61 Å². The molecule has 4 rings (SSSR count). The van der Waals surface area contributed by atoms with Crippen LogP contribution in [0.5, 0.6) is 11.5 Å². The molecule has 1 heterocycles. The number of halogens is 4. The van der Waals surface area contributed by atoms with E-state index in [2.05, 4.69) is 20.0 Å². The van der Waals surface area contributed by atoms with Gasteiger partial charge in [0.05, 0.1) is 23.0 Å². The Kier molecular flexibility index (Phi) is 8.36. The Morgan fingerprint density at radius 3 is 2.59 bits per heavy atom. The molecule has 0 bridgehead atoms. The van der Waals surface area contributed by atoms with E-state index in [1.165, 1.54) is 36.7 Å². The second kappa shape index (κ2) is 12.0. The molecule has 1 saturated carbocycles. The Hall–Kier alpha value is -4.39. The van der Waals surface area contributed by atoms with Crippen LogP contribution in [0.3, 0.4) is 0 Å². The molecule has 0 radical (unpaired) electrons. The highest BCUT2D eigenvalue weighted by atomic mass is 19.3. The summed E-state index contributed by atoms with van der Waals surface area (Å²) in [6.07, 6.45) is 9.38. The van der Waals surface area contributed by atoms with Gasteiger partial charge in [0.1, 0.15) is 11.9 Å². The summed E-state index contributed by atoms with van der Waals surface area (Å²) in [6, 6.07) is 11.5. The molecule has 1 aliphatic rings. The van der Waals surface area contributed by atoms with Gasteiger partial charge in [0.2, 0.25) is 0 Å². The summed E-state index contributed by atoms with van der Waals surface area (Å²) in [4.78, 5) is 8.26. The van der Waals surface area contributed by atoms with Crippen molar-refractivity contribution in [1.29, 1.82) is 5.26 Å². The molecule has 1 N–H and O–H groups in total. The summed E-state index contributed by atoms with van der Waals surface area (Å²) in [6.45, 7) is -3.00. The van der Waals surface area contributed by atoms with Gasteiger partial charge in [-0.15, -0.1) is 0 Å². The number of pyridine rings is 1. The van der Waals surface area contributed by atoms with E-state index in [9.17, 15) is 17.6 Å². The first-order chi connectivity index (χ1) is 17.9. The molecule has 1 aliphatic carbocycles. The van der Waals surface area contributed by atoms with Crippen molar-refractivity contribution >= 4 is 29.5 Å². The molecule has 0 saturated heterocycles. The number of hydrogen-bond acceptors (Lipinski definition) is 6. The first-order valence-corrected chi connectivity index (χ1v) is 11.5. The number of ether oxygens (including phenoxy) is 2. The summed E-state index contributed by atoms with van der Waals surface area (Å²) >= 11 is 0. The lowest BCUT2D eigenvalue weighted by atomic mass is 10.1. The zero-order valence-electron chi connectivity index (χ0n) is 19.5. The Morgan fingerprint density at radius 2 is 1.89 bits per heavy atom. The lowest BCUT2D eigenvalue weighted by Gasteiger charge is -2.18. The third kappa shape index (κ3) is 6.85. The molecule has 0 amide bonds. The number of rotatable bonds is 9. The monoisotopic (exact) mass is 510 g/mol. The summed E-state index contributed by atoms with van der Waals surface area (Å²) in [5.41, 5.74) is 1.09.